The summed E-state index contributed by atoms with van der Waals surface area (Å²) in [5.41, 5.74) is 3.96. The quantitative estimate of drug-likeness (QED) is 0.317. The second-order valence-corrected chi connectivity index (χ2v) is 14.7. The van der Waals surface area contributed by atoms with Gasteiger partial charge in [0.25, 0.3) is 0 Å². The Balaban J connectivity index is 1.59. The van der Waals surface area contributed by atoms with Crippen LogP contribution in [0.1, 0.15) is 76.8 Å². The molecule has 0 spiro atoms. The molecule has 222 valence electrons. The summed E-state index contributed by atoms with van der Waals surface area (Å²) in [7, 11) is 0. The van der Waals surface area contributed by atoms with Crippen molar-refractivity contribution in [1.29, 1.82) is 0 Å². The molecule has 0 unspecified atom stereocenters. The molecule has 42 heavy (non-hydrogen) atoms. The molecular weight excluding hydrogens is 641 g/mol. The molecule has 1 aliphatic heterocycles. The van der Waals surface area contributed by atoms with Crippen molar-refractivity contribution in [1.82, 2.24) is 4.90 Å². The molecule has 3 aliphatic rings. The lowest BCUT2D eigenvalue weighted by Gasteiger charge is -2.49. The van der Waals surface area contributed by atoms with Crippen LogP contribution in [0.25, 0.3) is 0 Å². The summed E-state index contributed by atoms with van der Waals surface area (Å²) in [4.78, 5) is 41.4. The Labute approximate surface area is 264 Å². The lowest BCUT2D eigenvalue weighted by atomic mass is 9.63. The van der Waals surface area contributed by atoms with Crippen molar-refractivity contribution >= 4 is 56.7 Å². The van der Waals surface area contributed by atoms with Crippen molar-refractivity contribution in [2.45, 2.75) is 72.3 Å². The van der Waals surface area contributed by atoms with Crippen LogP contribution in [0.4, 0.5) is 0 Å². The Kier molecular flexibility index (Phi) is 8.42. The Bertz CT molecular complexity index is 1500. The van der Waals surface area contributed by atoms with Crippen LogP contribution in [-0.2, 0) is 21.0 Å². The van der Waals surface area contributed by atoms with E-state index in [4.69, 9.17) is 27.9 Å². The summed E-state index contributed by atoms with van der Waals surface area (Å²) in [5, 5.41) is 10.6. The van der Waals surface area contributed by atoms with E-state index >= 15 is 0 Å². The monoisotopic (exact) mass is 673 g/mol. The molecule has 0 radical (unpaired) electrons. The zero-order valence-corrected chi connectivity index (χ0v) is 27.3. The molecule has 0 aromatic heterocycles. The van der Waals surface area contributed by atoms with Crippen LogP contribution in [-0.4, -0.2) is 34.1 Å². The molecule has 1 heterocycles. The lowest BCUT2D eigenvalue weighted by molar-refractivity contribution is -0.137. The highest BCUT2D eigenvalue weighted by Gasteiger charge is 2.49. The Hall–Kier alpha value is -2.61. The fraction of sp³-hybridized carbons (Fsp3) is 0.424. The number of carboxylic acids is 1. The van der Waals surface area contributed by atoms with Crippen molar-refractivity contribution < 1.29 is 24.2 Å². The average molecular weight is 675 g/mol. The number of aliphatic carboxylic acids is 1. The molecule has 1 N–H and O–H groups in total. The molecule has 0 saturated carbocycles. The number of ether oxygens (including phenoxy) is 1. The molecule has 6 nitrogen and oxygen atoms in total. The Morgan fingerprint density at radius 2 is 1.55 bits per heavy atom. The molecule has 2 aliphatic carbocycles. The first kappa shape index (κ1) is 30.8. The van der Waals surface area contributed by atoms with Crippen molar-refractivity contribution in [3.05, 3.63) is 84.6 Å². The molecule has 5 rings (SSSR count). The van der Waals surface area contributed by atoms with E-state index in [1.165, 1.54) is 0 Å². The molecule has 0 fully saturated rings. The van der Waals surface area contributed by atoms with Crippen molar-refractivity contribution in [3.63, 3.8) is 0 Å². The van der Waals surface area contributed by atoms with Gasteiger partial charge in [-0.2, -0.15) is 0 Å². The fourth-order valence-electron chi connectivity index (χ4n) is 6.47. The van der Waals surface area contributed by atoms with E-state index in [0.29, 0.717) is 57.1 Å². The van der Waals surface area contributed by atoms with Gasteiger partial charge in [-0.3, -0.25) is 14.4 Å². The molecule has 0 bridgehead atoms. The maximum absolute atomic E-state index is 13.9. The van der Waals surface area contributed by atoms with Gasteiger partial charge < -0.3 is 14.7 Å². The van der Waals surface area contributed by atoms with Gasteiger partial charge in [0, 0.05) is 63.5 Å². The van der Waals surface area contributed by atoms with Gasteiger partial charge in [0.1, 0.15) is 12.4 Å². The summed E-state index contributed by atoms with van der Waals surface area (Å²) in [6.45, 7) is 8.71. The summed E-state index contributed by atoms with van der Waals surface area (Å²) < 4.78 is 6.76. The summed E-state index contributed by atoms with van der Waals surface area (Å²) in [5.74, 6) is -0.837. The lowest BCUT2D eigenvalue weighted by Crippen LogP contribution is -2.45. The van der Waals surface area contributed by atoms with Crippen LogP contribution < -0.4 is 4.74 Å². The van der Waals surface area contributed by atoms with Crippen LogP contribution in [0.3, 0.4) is 0 Å². The van der Waals surface area contributed by atoms with Crippen LogP contribution in [0.15, 0.2) is 63.4 Å². The second kappa shape index (κ2) is 11.5. The normalized spacial score (nSPS) is 20.0. The van der Waals surface area contributed by atoms with Gasteiger partial charge >= 0.3 is 5.97 Å². The minimum atomic E-state index is -0.913. The number of nitrogens with zero attached hydrogens (tertiary/aromatic N) is 1. The first-order valence-corrected chi connectivity index (χ1v) is 15.6. The number of hydrogen-bond donors (Lipinski definition) is 1. The third-order valence-electron chi connectivity index (χ3n) is 8.26. The predicted molar refractivity (Wildman–Crippen MR) is 167 cm³/mol. The number of carbonyl (C=O) groups is 3. The maximum Gasteiger partial charge on any atom is 0.305 e. The van der Waals surface area contributed by atoms with E-state index in [-0.39, 0.29) is 42.0 Å². The molecule has 9 heteroatoms. The summed E-state index contributed by atoms with van der Waals surface area (Å²) in [6.07, 6.45) is 1.89. The zero-order chi connectivity index (χ0) is 30.6. The topological polar surface area (TPSA) is 83.9 Å². The molecule has 0 atom stereocenters. The number of allylic oxidation sites excluding steroid dienone is 4. The minimum absolute atomic E-state index is 0.00425. The fourth-order valence-corrected chi connectivity index (χ4v) is 7.44. The van der Waals surface area contributed by atoms with Crippen LogP contribution in [0.2, 0.25) is 10.0 Å². The van der Waals surface area contributed by atoms with E-state index in [1.54, 1.807) is 12.1 Å². The molecule has 2 aromatic carbocycles. The standard InChI is InChI=1S/C33H34BrCl2NO5/c1-32(2)13-23-30(25(38)15-32)29(31-24(37(23)10-9-28(40)41)14-33(3,4)16-26(31)39)18-6-8-27(21(34)11-18)42-17-19-5-7-20(35)12-22(19)36/h5-8,11-12,29H,9-10,13-17H2,1-4H3,(H,40,41). The Morgan fingerprint density at radius 1 is 0.952 bits per heavy atom. The van der Waals surface area contributed by atoms with Crippen LogP contribution in [0, 0.1) is 10.8 Å². The number of benzene rings is 2. The predicted octanol–water partition coefficient (Wildman–Crippen LogP) is 8.50. The number of halogens is 3. The van der Waals surface area contributed by atoms with Crippen LogP contribution in [0.5, 0.6) is 5.75 Å². The number of carboxylic acid groups (broad SMARTS) is 1. The van der Waals surface area contributed by atoms with Crippen LogP contribution >= 0.6 is 39.1 Å². The highest BCUT2D eigenvalue weighted by Crippen LogP contribution is 2.54. The highest BCUT2D eigenvalue weighted by molar-refractivity contribution is 9.10. The first-order valence-electron chi connectivity index (χ1n) is 14.0. The van der Waals surface area contributed by atoms with Gasteiger partial charge in [0.2, 0.25) is 0 Å². The van der Waals surface area contributed by atoms with E-state index in [1.807, 2.05) is 29.2 Å². The van der Waals surface area contributed by atoms with Gasteiger partial charge in [0.05, 0.1) is 10.9 Å². The first-order chi connectivity index (χ1) is 19.7. The van der Waals surface area contributed by atoms with Gasteiger partial charge in [-0.15, -0.1) is 0 Å². The van der Waals surface area contributed by atoms with E-state index in [9.17, 15) is 19.5 Å². The summed E-state index contributed by atoms with van der Waals surface area (Å²) >= 11 is 16.0. The molecular formula is C33H34BrCl2NO5. The van der Waals surface area contributed by atoms with Crippen molar-refractivity contribution in [3.8, 4) is 5.75 Å². The highest BCUT2D eigenvalue weighted by atomic mass is 79.9. The number of ketones is 2. The van der Waals surface area contributed by atoms with Gasteiger partial charge in [-0.1, -0.05) is 63.0 Å². The largest absolute Gasteiger partial charge is 0.488 e. The number of hydrogen-bond acceptors (Lipinski definition) is 5. The maximum atomic E-state index is 13.9. The third-order valence-corrected chi connectivity index (χ3v) is 9.47. The smallest absolute Gasteiger partial charge is 0.305 e. The van der Waals surface area contributed by atoms with E-state index < -0.39 is 11.9 Å². The zero-order valence-electron chi connectivity index (χ0n) is 24.2. The summed E-state index contributed by atoms with van der Waals surface area (Å²) in [6, 6.07) is 10.9. The number of Topliss-reactive ketones (excluding diaryl/α,β-unsaturated/α-hetero) is 2. The molecule has 0 amide bonds. The van der Waals surface area contributed by atoms with Crippen molar-refractivity contribution in [2.75, 3.05) is 6.54 Å². The molecule has 0 saturated heterocycles. The number of carbonyl (C=O) groups excluding carboxylic acids is 2. The SMILES string of the molecule is CC1(C)CC(=O)C2=C(C1)N(CCC(=O)O)C1=C(C(=O)CC(C)(C)C1)C2c1ccc(OCc2ccc(Cl)cc2Cl)c(Br)c1. The Morgan fingerprint density at radius 3 is 2.07 bits per heavy atom. The third kappa shape index (κ3) is 6.20. The average Bonchev–Trinajstić information content (AvgIpc) is 2.85. The minimum Gasteiger partial charge on any atom is -0.488 e. The number of rotatable bonds is 7. The van der Waals surface area contributed by atoms with Gasteiger partial charge in [-0.25, -0.2) is 0 Å². The second-order valence-electron chi connectivity index (χ2n) is 13.0. The van der Waals surface area contributed by atoms with E-state index in [2.05, 4.69) is 43.6 Å². The van der Waals surface area contributed by atoms with E-state index in [0.717, 1.165) is 22.5 Å². The van der Waals surface area contributed by atoms with Gasteiger partial charge in [-0.05, 0) is 69.4 Å². The van der Waals surface area contributed by atoms with Gasteiger partial charge in [0.15, 0.2) is 11.6 Å². The molecule has 2 aromatic rings. The van der Waals surface area contributed by atoms with Crippen molar-refractivity contribution in [2.24, 2.45) is 10.8 Å².